The molecule has 0 saturated heterocycles. The van der Waals surface area contributed by atoms with E-state index in [4.69, 9.17) is 0 Å². The minimum absolute atomic E-state index is 0. The molecule has 0 aliphatic heterocycles. The predicted octanol–water partition coefficient (Wildman–Crippen LogP) is 5.00. The van der Waals surface area contributed by atoms with Gasteiger partial charge in [0.1, 0.15) is 5.75 Å². The number of H-pyrrole nitrogens is 1. The van der Waals surface area contributed by atoms with Crippen LogP contribution in [0.3, 0.4) is 0 Å². The Kier molecular flexibility index (Phi) is 5.53. The van der Waals surface area contributed by atoms with E-state index < -0.39 is 0 Å². The van der Waals surface area contributed by atoms with Crippen LogP contribution in [0.25, 0.3) is 43.2 Å². The van der Waals surface area contributed by atoms with E-state index in [1.54, 1.807) is 18.2 Å². The van der Waals surface area contributed by atoms with Gasteiger partial charge in [0.05, 0.1) is 5.39 Å². The van der Waals surface area contributed by atoms with Crippen molar-refractivity contribution >= 4 is 53.3 Å². The van der Waals surface area contributed by atoms with Crippen molar-refractivity contribution in [2.45, 2.75) is 0 Å². The van der Waals surface area contributed by atoms with Crippen LogP contribution in [0.5, 0.6) is 11.5 Å². The van der Waals surface area contributed by atoms with Gasteiger partial charge in [-0.1, -0.05) is 59.3 Å². The fourth-order valence-electron chi connectivity index (χ4n) is 3.89. The number of phenolic OH excluding ortho intramolecular Hbond substituents is 1. The normalized spacial score (nSPS) is 10.6. The number of hydrogen-bond donors (Lipinski definition) is 1. The number of aromatic hydroxyl groups is 1. The zero-order chi connectivity index (χ0) is 20.5. The summed E-state index contributed by atoms with van der Waals surface area (Å²) in [5.41, 5.74) is 0.980. The summed E-state index contributed by atoms with van der Waals surface area (Å²) < 4.78 is 0. The number of benzene rings is 5. The van der Waals surface area contributed by atoms with E-state index in [0.717, 1.165) is 43.2 Å². The standard InChI is InChI=1S/C14H9O.C13H9NO.Be/c15-13-7-3-5-11-9-8-10-4-1-2-6-12(10)14(11)13;15-11-5-1-3-9-6-7-10-4-2-8-14-13(10)12(9)11;/h1-5,7-9,15H;1-8,15H;/q-1;;+2. The molecule has 0 saturated carbocycles. The number of nitrogens with one attached hydrogen (secondary N) is 1. The van der Waals surface area contributed by atoms with Gasteiger partial charge in [-0.15, -0.1) is 40.8 Å². The predicted molar refractivity (Wildman–Crippen MR) is 125 cm³/mol. The summed E-state index contributed by atoms with van der Waals surface area (Å²) >= 11 is 0. The van der Waals surface area contributed by atoms with E-state index in [-0.39, 0.29) is 15.9 Å². The van der Waals surface area contributed by atoms with Crippen molar-refractivity contribution in [3.63, 3.8) is 0 Å². The number of rotatable bonds is 0. The molecule has 0 atom stereocenters. The van der Waals surface area contributed by atoms with Crippen molar-refractivity contribution < 1.29 is 15.2 Å². The maximum absolute atomic E-state index is 11.8. The monoisotopic (exact) mass is 397 g/mol. The third kappa shape index (κ3) is 3.68. The number of hydrogen-bond acceptors (Lipinski definition) is 2. The molecule has 4 heteroatoms. The molecule has 31 heavy (non-hydrogen) atoms. The van der Waals surface area contributed by atoms with Crippen LogP contribution in [0.2, 0.25) is 0 Å². The number of phenols is 1. The molecule has 2 N–H and O–H groups in total. The topological polar surface area (TPSA) is 57.4 Å². The summed E-state index contributed by atoms with van der Waals surface area (Å²) in [7, 11) is 0. The van der Waals surface area contributed by atoms with Crippen molar-refractivity contribution in [3.05, 3.63) is 103 Å². The third-order valence-corrected chi connectivity index (χ3v) is 5.29. The molecular weight excluding hydrogens is 379 g/mol. The van der Waals surface area contributed by atoms with Gasteiger partial charge < -0.3 is 10.2 Å². The summed E-state index contributed by atoms with van der Waals surface area (Å²) in [5.74, 6) is 0.390. The molecule has 5 aromatic carbocycles. The zero-order valence-electron chi connectivity index (χ0n) is 16.8. The molecule has 0 aliphatic rings. The van der Waals surface area contributed by atoms with Gasteiger partial charge in [0.25, 0.3) is 0 Å². The van der Waals surface area contributed by atoms with E-state index >= 15 is 0 Å². The fraction of sp³-hybridized carbons (Fsp3) is 0. The molecule has 3 nitrogen and oxygen atoms in total. The van der Waals surface area contributed by atoms with Crippen molar-refractivity contribution in [1.82, 2.24) is 0 Å². The Labute approximate surface area is 183 Å². The van der Waals surface area contributed by atoms with E-state index in [1.807, 2.05) is 79.0 Å². The first-order valence-electron chi connectivity index (χ1n) is 9.73. The number of aromatic nitrogens is 1. The van der Waals surface area contributed by atoms with Crippen LogP contribution in [0.4, 0.5) is 0 Å². The summed E-state index contributed by atoms with van der Waals surface area (Å²) in [5, 5.41) is 28.4. The Morgan fingerprint density at radius 3 is 2.16 bits per heavy atom. The van der Waals surface area contributed by atoms with Crippen LogP contribution in [0.15, 0.2) is 97.2 Å². The third-order valence-electron chi connectivity index (χ3n) is 5.29. The quantitative estimate of drug-likeness (QED) is 0.223. The Hall–Kier alpha value is -3.94. The molecule has 0 bridgehead atoms. The fourth-order valence-corrected chi connectivity index (χ4v) is 3.89. The first-order chi connectivity index (χ1) is 14.7. The molecule has 6 aromatic rings. The molecule has 6 rings (SSSR count). The summed E-state index contributed by atoms with van der Waals surface area (Å²) in [6.45, 7) is 0. The van der Waals surface area contributed by atoms with E-state index in [2.05, 4.69) is 11.1 Å². The minimum Gasteiger partial charge on any atom is -0.879 e. The van der Waals surface area contributed by atoms with Gasteiger partial charge in [-0.25, -0.2) is 4.98 Å². The van der Waals surface area contributed by atoms with Crippen LogP contribution in [0.1, 0.15) is 0 Å². The summed E-state index contributed by atoms with van der Waals surface area (Å²) in [4.78, 5) is 3.17. The second kappa shape index (κ2) is 8.43. The second-order valence-electron chi connectivity index (χ2n) is 7.13. The maximum atomic E-state index is 11.8. The van der Waals surface area contributed by atoms with Gasteiger partial charge in [-0.3, -0.25) is 0 Å². The van der Waals surface area contributed by atoms with Crippen molar-refractivity contribution in [3.8, 4) is 11.5 Å². The van der Waals surface area contributed by atoms with Gasteiger partial charge in [0.2, 0.25) is 5.52 Å². The molecule has 0 radical (unpaired) electrons. The van der Waals surface area contributed by atoms with E-state index in [9.17, 15) is 10.2 Å². The first kappa shape index (κ1) is 20.3. The SMILES string of the molecule is Oc1cccc2ccc3ccc[nH+]c3c12.[Be+2].[O-]c1cccc2ccc3ccc[c-]c3c12. The molecule has 0 amide bonds. The van der Waals surface area contributed by atoms with Gasteiger partial charge in [0.15, 0.2) is 6.20 Å². The molecule has 0 spiro atoms. The largest absolute Gasteiger partial charge is 2.00 e. The number of aromatic amines is 1. The molecule has 0 fully saturated rings. The Balaban J connectivity index is 0.000000144. The summed E-state index contributed by atoms with van der Waals surface area (Å²) in [6, 6.07) is 31.9. The Bertz CT molecular complexity index is 1410. The second-order valence-corrected chi connectivity index (χ2v) is 7.13. The number of pyridine rings is 1. The molecule has 0 aliphatic carbocycles. The van der Waals surface area contributed by atoms with Crippen molar-refractivity contribution in [2.24, 2.45) is 0 Å². The van der Waals surface area contributed by atoms with Crippen molar-refractivity contribution in [2.75, 3.05) is 0 Å². The molecule has 1 heterocycles. The van der Waals surface area contributed by atoms with Crippen molar-refractivity contribution in [1.29, 1.82) is 0 Å². The van der Waals surface area contributed by atoms with Crippen LogP contribution in [-0.2, 0) is 0 Å². The van der Waals surface area contributed by atoms with Gasteiger partial charge in [-0.05, 0) is 23.6 Å². The number of fused-ring (bicyclic) bond motifs is 6. The molecule has 0 unspecified atom stereocenters. The Morgan fingerprint density at radius 2 is 1.32 bits per heavy atom. The molecule has 144 valence electrons. The van der Waals surface area contributed by atoms with Crippen LogP contribution in [0, 0.1) is 6.07 Å². The van der Waals surface area contributed by atoms with Gasteiger partial charge >= 0.3 is 10.1 Å². The molecule has 1 aromatic heterocycles. The average molecular weight is 397 g/mol. The van der Waals surface area contributed by atoms with E-state index in [0.29, 0.717) is 5.75 Å². The van der Waals surface area contributed by atoms with Crippen LogP contribution >= 0.6 is 0 Å². The summed E-state index contributed by atoms with van der Waals surface area (Å²) in [6.07, 6.45) is 1.87. The molecular formula is C27H18BeNO2+. The zero-order valence-corrected chi connectivity index (χ0v) is 16.8. The maximum Gasteiger partial charge on any atom is 2.00 e. The first-order valence-corrected chi connectivity index (χ1v) is 9.73. The van der Waals surface area contributed by atoms with Crippen LogP contribution in [-0.4, -0.2) is 15.2 Å². The van der Waals surface area contributed by atoms with E-state index in [1.165, 1.54) is 0 Å². The van der Waals surface area contributed by atoms with Gasteiger partial charge in [-0.2, -0.15) is 0 Å². The van der Waals surface area contributed by atoms with Gasteiger partial charge in [0, 0.05) is 11.5 Å². The average Bonchev–Trinajstić information content (AvgIpc) is 2.79. The Morgan fingerprint density at radius 1 is 0.677 bits per heavy atom. The van der Waals surface area contributed by atoms with Crippen LogP contribution < -0.4 is 10.1 Å². The minimum atomic E-state index is 0. The smallest absolute Gasteiger partial charge is 0.879 e.